The molecule has 0 aliphatic rings. The minimum atomic E-state index is -0.726. The molecular formula is C13H15ClN2O5. The highest BCUT2D eigenvalue weighted by Gasteiger charge is 2.10. The summed E-state index contributed by atoms with van der Waals surface area (Å²) in [7, 11) is 0. The van der Waals surface area contributed by atoms with Crippen molar-refractivity contribution >= 4 is 29.5 Å². The van der Waals surface area contributed by atoms with Crippen LogP contribution in [0.3, 0.4) is 0 Å². The van der Waals surface area contributed by atoms with Crippen LogP contribution in [0.25, 0.3) is 0 Å². The van der Waals surface area contributed by atoms with Crippen LogP contribution in [-0.2, 0) is 14.3 Å². The van der Waals surface area contributed by atoms with E-state index in [1.54, 1.807) is 31.2 Å². The predicted molar refractivity (Wildman–Crippen MR) is 75.1 cm³/mol. The van der Waals surface area contributed by atoms with E-state index in [0.717, 1.165) is 0 Å². The van der Waals surface area contributed by atoms with Crippen LogP contribution in [0.1, 0.15) is 6.92 Å². The molecule has 3 amide bonds. The van der Waals surface area contributed by atoms with Gasteiger partial charge >= 0.3 is 12.0 Å². The molecule has 0 aromatic heterocycles. The fraction of sp³-hybridized carbons (Fsp3) is 0.308. The molecule has 0 fully saturated rings. The molecule has 0 saturated carbocycles. The van der Waals surface area contributed by atoms with Gasteiger partial charge in [0, 0.05) is 11.6 Å². The number of carbonyl (C=O) groups excluding carboxylic acids is 3. The van der Waals surface area contributed by atoms with Crippen LogP contribution < -0.4 is 15.4 Å². The van der Waals surface area contributed by atoms with Gasteiger partial charge in [0.15, 0.2) is 13.2 Å². The van der Waals surface area contributed by atoms with Crippen molar-refractivity contribution in [3.05, 3.63) is 29.3 Å². The molecule has 1 rings (SSSR count). The Morgan fingerprint density at radius 3 is 2.43 bits per heavy atom. The lowest BCUT2D eigenvalue weighted by atomic mass is 10.3. The van der Waals surface area contributed by atoms with Crippen LogP contribution in [0.5, 0.6) is 5.75 Å². The molecule has 0 aliphatic heterocycles. The number of nitrogens with one attached hydrogen (secondary N) is 2. The maximum absolute atomic E-state index is 11.3. The van der Waals surface area contributed by atoms with E-state index in [0.29, 0.717) is 17.3 Å². The summed E-state index contributed by atoms with van der Waals surface area (Å²) in [5.41, 5.74) is 0. The molecule has 21 heavy (non-hydrogen) atoms. The summed E-state index contributed by atoms with van der Waals surface area (Å²) in [6.45, 7) is 1.18. The molecule has 0 bridgehead atoms. The highest BCUT2D eigenvalue weighted by atomic mass is 35.5. The van der Waals surface area contributed by atoms with Gasteiger partial charge in [0.25, 0.3) is 5.91 Å². The predicted octanol–water partition coefficient (Wildman–Crippen LogP) is 1.11. The van der Waals surface area contributed by atoms with Crippen molar-refractivity contribution in [1.82, 2.24) is 10.6 Å². The fourth-order valence-electron chi connectivity index (χ4n) is 1.23. The molecule has 0 atom stereocenters. The van der Waals surface area contributed by atoms with Crippen molar-refractivity contribution in [3.8, 4) is 5.75 Å². The molecule has 8 heteroatoms. The Labute approximate surface area is 126 Å². The lowest BCUT2D eigenvalue weighted by molar-refractivity contribution is -0.150. The third-order valence-electron chi connectivity index (χ3n) is 2.12. The summed E-state index contributed by atoms with van der Waals surface area (Å²) in [6.07, 6.45) is 0. The van der Waals surface area contributed by atoms with E-state index in [-0.39, 0.29) is 6.61 Å². The zero-order chi connectivity index (χ0) is 15.7. The molecule has 2 N–H and O–H groups in total. The second kappa shape index (κ2) is 8.80. The molecule has 1 aromatic rings. The van der Waals surface area contributed by atoms with Crippen molar-refractivity contribution in [2.24, 2.45) is 0 Å². The number of ether oxygens (including phenoxy) is 2. The number of rotatable bonds is 6. The molecule has 114 valence electrons. The first-order chi connectivity index (χ1) is 10.0. The van der Waals surface area contributed by atoms with Gasteiger partial charge in [-0.2, -0.15) is 0 Å². The summed E-state index contributed by atoms with van der Waals surface area (Å²) in [4.78, 5) is 33.6. The number of hydrogen-bond acceptors (Lipinski definition) is 5. The van der Waals surface area contributed by atoms with Crippen LogP contribution in [0.4, 0.5) is 4.79 Å². The van der Waals surface area contributed by atoms with E-state index < -0.39 is 24.5 Å². The van der Waals surface area contributed by atoms with Gasteiger partial charge in [0.1, 0.15) is 5.75 Å². The van der Waals surface area contributed by atoms with E-state index in [4.69, 9.17) is 16.3 Å². The second-order valence-corrected chi connectivity index (χ2v) is 4.25. The number of benzene rings is 1. The Kier molecular flexibility index (Phi) is 7.03. The molecule has 0 radical (unpaired) electrons. The number of amides is 3. The van der Waals surface area contributed by atoms with E-state index in [9.17, 15) is 14.4 Å². The average Bonchev–Trinajstić information content (AvgIpc) is 2.44. The van der Waals surface area contributed by atoms with Crippen LogP contribution in [0.15, 0.2) is 24.3 Å². The first-order valence-corrected chi connectivity index (χ1v) is 6.50. The largest absolute Gasteiger partial charge is 0.482 e. The average molecular weight is 315 g/mol. The Hall–Kier alpha value is -2.28. The summed E-state index contributed by atoms with van der Waals surface area (Å²) in [6, 6.07) is 5.77. The molecule has 0 unspecified atom stereocenters. The number of urea groups is 1. The van der Waals surface area contributed by atoms with E-state index in [1.165, 1.54) is 0 Å². The molecule has 0 aliphatic carbocycles. The highest BCUT2D eigenvalue weighted by molar-refractivity contribution is 6.30. The quantitative estimate of drug-likeness (QED) is 0.767. The lowest BCUT2D eigenvalue weighted by Crippen LogP contribution is -2.41. The molecule has 0 heterocycles. The molecule has 1 aromatic carbocycles. The number of hydrogen-bond donors (Lipinski definition) is 2. The first kappa shape index (κ1) is 16.8. The van der Waals surface area contributed by atoms with E-state index in [2.05, 4.69) is 10.1 Å². The van der Waals surface area contributed by atoms with Crippen LogP contribution in [0, 0.1) is 0 Å². The van der Waals surface area contributed by atoms with E-state index in [1.807, 2.05) is 5.32 Å². The van der Waals surface area contributed by atoms with Gasteiger partial charge in [-0.05, 0) is 31.2 Å². The van der Waals surface area contributed by atoms with Gasteiger partial charge in [-0.1, -0.05) is 11.6 Å². The van der Waals surface area contributed by atoms with Crippen LogP contribution in [-0.4, -0.2) is 37.7 Å². The molecular weight excluding hydrogens is 300 g/mol. The van der Waals surface area contributed by atoms with Gasteiger partial charge < -0.3 is 14.8 Å². The van der Waals surface area contributed by atoms with Gasteiger partial charge in [0.05, 0.1) is 0 Å². The standard InChI is InChI=1S/C13H15ClN2O5/c1-2-15-13(19)16-11(17)7-21-12(18)8-20-10-5-3-9(14)4-6-10/h3-6H,2,7-8H2,1H3,(H2,15,16,17,19). The van der Waals surface area contributed by atoms with Crippen LogP contribution in [0.2, 0.25) is 5.02 Å². The zero-order valence-electron chi connectivity index (χ0n) is 11.3. The topological polar surface area (TPSA) is 93.7 Å². The van der Waals surface area contributed by atoms with Crippen LogP contribution >= 0.6 is 11.6 Å². The van der Waals surface area contributed by atoms with Gasteiger partial charge in [-0.3, -0.25) is 10.1 Å². The molecule has 7 nitrogen and oxygen atoms in total. The Balaban J connectivity index is 2.23. The minimum Gasteiger partial charge on any atom is -0.482 e. The van der Waals surface area contributed by atoms with Crippen molar-refractivity contribution in [2.45, 2.75) is 6.92 Å². The zero-order valence-corrected chi connectivity index (χ0v) is 12.1. The SMILES string of the molecule is CCNC(=O)NC(=O)COC(=O)COc1ccc(Cl)cc1. The number of esters is 1. The molecule has 0 saturated heterocycles. The fourth-order valence-corrected chi connectivity index (χ4v) is 1.35. The minimum absolute atomic E-state index is 0.351. The van der Waals surface area contributed by atoms with Crippen molar-refractivity contribution < 1.29 is 23.9 Å². The molecule has 0 spiro atoms. The summed E-state index contributed by atoms with van der Waals surface area (Å²) >= 11 is 5.70. The van der Waals surface area contributed by atoms with E-state index >= 15 is 0 Å². The van der Waals surface area contributed by atoms with Crippen molar-refractivity contribution in [1.29, 1.82) is 0 Å². The second-order valence-electron chi connectivity index (χ2n) is 3.81. The Bertz CT molecular complexity index is 504. The van der Waals surface area contributed by atoms with Gasteiger partial charge in [-0.15, -0.1) is 0 Å². The summed E-state index contributed by atoms with van der Waals surface area (Å²) < 4.78 is 9.78. The van der Waals surface area contributed by atoms with Gasteiger partial charge in [0.2, 0.25) is 0 Å². The monoisotopic (exact) mass is 314 g/mol. The number of carbonyl (C=O) groups is 3. The first-order valence-electron chi connectivity index (χ1n) is 6.13. The number of imide groups is 1. The normalized spacial score (nSPS) is 9.62. The maximum Gasteiger partial charge on any atom is 0.344 e. The summed E-state index contributed by atoms with van der Waals surface area (Å²) in [5.74, 6) is -1.00. The third kappa shape index (κ3) is 7.17. The Morgan fingerprint density at radius 1 is 1.14 bits per heavy atom. The van der Waals surface area contributed by atoms with Gasteiger partial charge in [-0.25, -0.2) is 9.59 Å². The van der Waals surface area contributed by atoms with Crippen molar-refractivity contribution in [2.75, 3.05) is 19.8 Å². The lowest BCUT2D eigenvalue weighted by Gasteiger charge is -2.07. The summed E-state index contributed by atoms with van der Waals surface area (Å²) in [5, 5.41) is 4.91. The highest BCUT2D eigenvalue weighted by Crippen LogP contribution is 2.15. The Morgan fingerprint density at radius 2 is 1.81 bits per heavy atom. The third-order valence-corrected chi connectivity index (χ3v) is 2.38. The maximum atomic E-state index is 11.3. The smallest absolute Gasteiger partial charge is 0.344 e. The van der Waals surface area contributed by atoms with Crippen molar-refractivity contribution in [3.63, 3.8) is 0 Å². The number of halogens is 1.